The lowest BCUT2D eigenvalue weighted by Crippen LogP contribution is -2.41. The fraction of sp³-hybridized carbons (Fsp3) is 0.500. The summed E-state index contributed by atoms with van der Waals surface area (Å²) < 4.78 is 5.11. The summed E-state index contributed by atoms with van der Waals surface area (Å²) in [6.07, 6.45) is 3.75. The Balaban J connectivity index is 2.14. The Morgan fingerprint density at radius 1 is 1.40 bits per heavy atom. The molecule has 82 valence electrons. The highest BCUT2D eigenvalue weighted by atomic mass is 16.5. The van der Waals surface area contributed by atoms with Gasteiger partial charge >= 0.3 is 0 Å². The molecule has 3 nitrogen and oxygen atoms in total. The Bertz CT molecular complexity index is 359. The van der Waals surface area contributed by atoms with Gasteiger partial charge in [-0.2, -0.15) is 0 Å². The summed E-state index contributed by atoms with van der Waals surface area (Å²) in [4.78, 5) is 0. The van der Waals surface area contributed by atoms with Gasteiger partial charge in [-0.15, -0.1) is 0 Å². The van der Waals surface area contributed by atoms with Crippen molar-refractivity contribution in [1.29, 1.82) is 0 Å². The largest absolute Gasteiger partial charge is 0.497 e. The molecule has 1 aromatic carbocycles. The topological polar surface area (TPSA) is 47.3 Å². The third kappa shape index (κ3) is 2.01. The van der Waals surface area contributed by atoms with Crippen molar-refractivity contribution in [2.75, 3.05) is 18.2 Å². The van der Waals surface area contributed by atoms with Crippen LogP contribution in [0.4, 0.5) is 11.4 Å². The first kappa shape index (κ1) is 10.1. The summed E-state index contributed by atoms with van der Waals surface area (Å²) >= 11 is 0. The molecule has 0 atom stereocenters. The van der Waals surface area contributed by atoms with Gasteiger partial charge in [-0.05, 0) is 38.3 Å². The molecule has 3 heteroatoms. The molecular weight excluding hydrogens is 188 g/mol. The number of hydrogen-bond acceptors (Lipinski definition) is 3. The molecule has 1 fully saturated rings. The minimum absolute atomic E-state index is 0.239. The minimum atomic E-state index is 0.239. The van der Waals surface area contributed by atoms with Gasteiger partial charge in [-0.1, -0.05) is 0 Å². The number of ether oxygens (including phenoxy) is 1. The Labute approximate surface area is 90.6 Å². The molecule has 1 saturated carbocycles. The monoisotopic (exact) mass is 206 g/mol. The summed E-state index contributed by atoms with van der Waals surface area (Å²) in [7, 11) is 1.65. The highest BCUT2D eigenvalue weighted by Crippen LogP contribution is 2.36. The number of nitrogens with two attached hydrogens (primary N) is 1. The van der Waals surface area contributed by atoms with Crippen LogP contribution in [0.25, 0.3) is 0 Å². The van der Waals surface area contributed by atoms with E-state index in [4.69, 9.17) is 10.5 Å². The molecule has 1 aliphatic carbocycles. The van der Waals surface area contributed by atoms with Gasteiger partial charge in [0.25, 0.3) is 0 Å². The predicted octanol–water partition coefficient (Wildman–Crippen LogP) is 2.63. The quantitative estimate of drug-likeness (QED) is 0.747. The molecule has 0 aliphatic heterocycles. The van der Waals surface area contributed by atoms with E-state index in [2.05, 4.69) is 12.2 Å². The van der Waals surface area contributed by atoms with Gasteiger partial charge < -0.3 is 15.8 Å². The average Bonchev–Trinajstić information content (AvgIpc) is 2.18. The van der Waals surface area contributed by atoms with Gasteiger partial charge in [0.15, 0.2) is 0 Å². The van der Waals surface area contributed by atoms with Gasteiger partial charge in [-0.3, -0.25) is 0 Å². The number of anilines is 2. The van der Waals surface area contributed by atoms with Crippen LogP contribution in [0.3, 0.4) is 0 Å². The lowest BCUT2D eigenvalue weighted by atomic mass is 9.78. The maximum Gasteiger partial charge on any atom is 0.121 e. The Morgan fingerprint density at radius 3 is 2.60 bits per heavy atom. The summed E-state index contributed by atoms with van der Waals surface area (Å²) in [6.45, 7) is 2.24. The number of methoxy groups -OCH3 is 1. The van der Waals surface area contributed by atoms with Crippen LogP contribution in [0.5, 0.6) is 5.75 Å². The van der Waals surface area contributed by atoms with Gasteiger partial charge in [-0.25, -0.2) is 0 Å². The van der Waals surface area contributed by atoms with Crippen LogP contribution >= 0.6 is 0 Å². The Morgan fingerprint density at radius 2 is 2.13 bits per heavy atom. The molecular formula is C12H18N2O. The van der Waals surface area contributed by atoms with Gasteiger partial charge in [0.2, 0.25) is 0 Å². The molecule has 0 heterocycles. The third-order valence-corrected chi connectivity index (χ3v) is 3.15. The molecule has 1 aromatic rings. The Hall–Kier alpha value is -1.38. The zero-order valence-electron chi connectivity index (χ0n) is 9.34. The Kier molecular flexibility index (Phi) is 2.47. The molecule has 1 aliphatic rings. The molecule has 15 heavy (non-hydrogen) atoms. The zero-order chi connectivity index (χ0) is 10.9. The van der Waals surface area contributed by atoms with E-state index < -0.39 is 0 Å². The van der Waals surface area contributed by atoms with Crippen LogP contribution in [0.2, 0.25) is 0 Å². The number of nitrogens with one attached hydrogen (secondary N) is 1. The highest BCUT2D eigenvalue weighted by Gasteiger charge is 2.31. The van der Waals surface area contributed by atoms with Crippen LogP contribution < -0.4 is 15.8 Å². The van der Waals surface area contributed by atoms with E-state index >= 15 is 0 Å². The molecule has 0 saturated heterocycles. The molecule has 0 radical (unpaired) electrons. The minimum Gasteiger partial charge on any atom is -0.497 e. The van der Waals surface area contributed by atoms with Crippen molar-refractivity contribution in [3.8, 4) is 5.75 Å². The van der Waals surface area contributed by atoms with E-state index in [0.29, 0.717) is 0 Å². The first-order chi connectivity index (χ1) is 7.13. The van der Waals surface area contributed by atoms with Gasteiger partial charge in [0.1, 0.15) is 5.75 Å². The second-order valence-electron chi connectivity index (χ2n) is 4.49. The number of benzene rings is 1. The average molecular weight is 206 g/mol. The fourth-order valence-corrected chi connectivity index (χ4v) is 1.94. The molecule has 2 rings (SSSR count). The number of rotatable bonds is 3. The first-order valence-electron chi connectivity index (χ1n) is 5.35. The molecule has 0 unspecified atom stereocenters. The summed E-state index contributed by atoms with van der Waals surface area (Å²) in [6, 6.07) is 5.77. The van der Waals surface area contributed by atoms with Crippen molar-refractivity contribution in [1.82, 2.24) is 0 Å². The van der Waals surface area contributed by atoms with Gasteiger partial charge in [0, 0.05) is 11.6 Å². The predicted molar refractivity (Wildman–Crippen MR) is 63.3 cm³/mol. The molecule has 0 bridgehead atoms. The van der Waals surface area contributed by atoms with E-state index in [-0.39, 0.29) is 5.54 Å². The van der Waals surface area contributed by atoms with Gasteiger partial charge in [0.05, 0.1) is 18.5 Å². The van der Waals surface area contributed by atoms with Crippen molar-refractivity contribution in [3.63, 3.8) is 0 Å². The molecule has 0 aromatic heterocycles. The fourth-order valence-electron chi connectivity index (χ4n) is 1.94. The van der Waals surface area contributed by atoms with E-state index in [9.17, 15) is 0 Å². The molecule has 3 N–H and O–H groups in total. The van der Waals surface area contributed by atoms with Crippen molar-refractivity contribution in [2.45, 2.75) is 31.7 Å². The van der Waals surface area contributed by atoms with E-state index in [1.54, 1.807) is 7.11 Å². The van der Waals surface area contributed by atoms with Crippen molar-refractivity contribution >= 4 is 11.4 Å². The lowest BCUT2D eigenvalue weighted by Gasteiger charge is -2.40. The first-order valence-corrected chi connectivity index (χ1v) is 5.35. The zero-order valence-corrected chi connectivity index (χ0v) is 9.34. The van der Waals surface area contributed by atoms with Crippen LogP contribution in [0.1, 0.15) is 26.2 Å². The maximum atomic E-state index is 5.94. The normalized spacial score (nSPS) is 18.0. The second-order valence-corrected chi connectivity index (χ2v) is 4.49. The smallest absolute Gasteiger partial charge is 0.121 e. The van der Waals surface area contributed by atoms with Crippen LogP contribution in [-0.2, 0) is 0 Å². The number of nitrogen functional groups attached to an aromatic ring is 1. The molecule has 0 spiro atoms. The summed E-state index contributed by atoms with van der Waals surface area (Å²) in [5, 5.41) is 3.49. The standard InChI is InChI=1S/C12H18N2O/c1-12(6-3-7-12)14-11-5-4-9(15-2)8-10(11)13/h4-5,8,14H,3,6-7,13H2,1-2H3. The van der Waals surface area contributed by atoms with E-state index in [0.717, 1.165) is 17.1 Å². The number of hydrogen-bond donors (Lipinski definition) is 2. The van der Waals surface area contributed by atoms with Crippen molar-refractivity contribution < 1.29 is 4.74 Å². The van der Waals surface area contributed by atoms with Crippen molar-refractivity contribution in [2.24, 2.45) is 0 Å². The summed E-state index contributed by atoms with van der Waals surface area (Å²) in [5.41, 5.74) is 7.94. The van der Waals surface area contributed by atoms with Crippen molar-refractivity contribution in [3.05, 3.63) is 18.2 Å². The maximum absolute atomic E-state index is 5.94. The van der Waals surface area contributed by atoms with Crippen LogP contribution in [0, 0.1) is 0 Å². The second kappa shape index (κ2) is 3.65. The summed E-state index contributed by atoms with van der Waals surface area (Å²) in [5.74, 6) is 0.803. The molecule has 0 amide bonds. The van der Waals surface area contributed by atoms with E-state index in [1.807, 2.05) is 18.2 Å². The van der Waals surface area contributed by atoms with Crippen LogP contribution in [-0.4, -0.2) is 12.6 Å². The lowest BCUT2D eigenvalue weighted by molar-refractivity contribution is 0.307. The van der Waals surface area contributed by atoms with Crippen LogP contribution in [0.15, 0.2) is 18.2 Å². The highest BCUT2D eigenvalue weighted by molar-refractivity contribution is 5.69. The SMILES string of the molecule is COc1ccc(NC2(C)CCC2)c(N)c1. The third-order valence-electron chi connectivity index (χ3n) is 3.15. The van der Waals surface area contributed by atoms with E-state index in [1.165, 1.54) is 19.3 Å².